The third kappa shape index (κ3) is 3.35. The predicted octanol–water partition coefficient (Wildman–Crippen LogP) is 0.987. The first-order valence-corrected chi connectivity index (χ1v) is 5.17. The third-order valence-corrected chi connectivity index (χ3v) is 2.82. The van der Waals surface area contributed by atoms with Gasteiger partial charge in [-0.15, -0.1) is 24.8 Å². The van der Waals surface area contributed by atoms with Crippen molar-refractivity contribution in [1.29, 1.82) is 0 Å². The van der Waals surface area contributed by atoms with Crippen molar-refractivity contribution in [2.24, 2.45) is 4.99 Å². The lowest BCUT2D eigenvalue weighted by Crippen LogP contribution is -2.60. The van der Waals surface area contributed by atoms with Gasteiger partial charge >= 0.3 is 0 Å². The van der Waals surface area contributed by atoms with Crippen LogP contribution < -0.4 is 10.6 Å². The van der Waals surface area contributed by atoms with E-state index in [9.17, 15) is 0 Å². The maximum atomic E-state index is 4.52. The summed E-state index contributed by atoms with van der Waals surface area (Å²) in [6.45, 7) is 8.41. The molecule has 0 spiro atoms. The van der Waals surface area contributed by atoms with E-state index in [0.717, 1.165) is 26.2 Å². The topological polar surface area (TPSA) is 39.7 Å². The van der Waals surface area contributed by atoms with E-state index in [2.05, 4.69) is 34.4 Å². The first-order valence-electron chi connectivity index (χ1n) is 5.17. The van der Waals surface area contributed by atoms with Crippen LogP contribution in [0.1, 0.15) is 13.8 Å². The van der Waals surface area contributed by atoms with Crippen LogP contribution in [0.3, 0.4) is 0 Å². The Morgan fingerprint density at radius 3 is 2.50 bits per heavy atom. The molecule has 2 aliphatic rings. The standard InChI is InChI=1S/C10H18N4.2ClH/c1-9-3-4-12-10(2,13-9)14-7-5-11-6-8-14;;/h3-4,11,13H,5-8H2,1-2H3;2*1H. The van der Waals surface area contributed by atoms with Gasteiger partial charge in [-0.1, -0.05) is 0 Å². The molecule has 2 aliphatic heterocycles. The molecule has 0 aromatic carbocycles. The molecule has 0 saturated carbocycles. The number of allylic oxidation sites excluding steroid dienone is 2. The molecule has 0 radical (unpaired) electrons. The SMILES string of the molecule is CC1=CC=NC(C)(N2CCNCC2)N1.Cl.Cl. The normalized spacial score (nSPS) is 29.5. The summed E-state index contributed by atoms with van der Waals surface area (Å²) in [6.07, 6.45) is 3.90. The number of halogens is 2. The molecule has 0 amide bonds. The van der Waals surface area contributed by atoms with E-state index < -0.39 is 0 Å². The number of aliphatic imine (C=N–C) groups is 1. The molecule has 0 bridgehead atoms. The highest BCUT2D eigenvalue weighted by Crippen LogP contribution is 2.17. The second-order valence-electron chi connectivity index (χ2n) is 4.01. The second kappa shape index (κ2) is 6.45. The third-order valence-electron chi connectivity index (χ3n) is 2.82. The van der Waals surface area contributed by atoms with Gasteiger partial charge in [-0.25, -0.2) is 0 Å². The van der Waals surface area contributed by atoms with E-state index in [1.54, 1.807) is 0 Å². The maximum absolute atomic E-state index is 4.52. The molecule has 1 saturated heterocycles. The van der Waals surface area contributed by atoms with Gasteiger partial charge in [-0.05, 0) is 19.9 Å². The first kappa shape index (κ1) is 15.7. The Morgan fingerprint density at radius 2 is 1.94 bits per heavy atom. The Kier molecular flexibility index (Phi) is 6.33. The Morgan fingerprint density at radius 1 is 1.31 bits per heavy atom. The van der Waals surface area contributed by atoms with Crippen LogP contribution in [0.2, 0.25) is 0 Å². The van der Waals surface area contributed by atoms with Crippen LogP contribution in [-0.2, 0) is 0 Å². The lowest BCUT2D eigenvalue weighted by Gasteiger charge is -2.42. The average Bonchev–Trinajstić information content (AvgIpc) is 2.19. The van der Waals surface area contributed by atoms with Gasteiger partial charge in [-0.3, -0.25) is 9.89 Å². The lowest BCUT2D eigenvalue weighted by molar-refractivity contribution is 0.0737. The van der Waals surface area contributed by atoms with E-state index in [4.69, 9.17) is 0 Å². The number of hydrogen-bond donors (Lipinski definition) is 2. The van der Waals surface area contributed by atoms with Crippen molar-refractivity contribution in [2.75, 3.05) is 26.2 Å². The monoisotopic (exact) mass is 266 g/mol. The van der Waals surface area contributed by atoms with Crippen molar-refractivity contribution in [3.63, 3.8) is 0 Å². The molecule has 0 aromatic rings. The fourth-order valence-corrected chi connectivity index (χ4v) is 2.00. The van der Waals surface area contributed by atoms with Gasteiger partial charge in [0.25, 0.3) is 0 Å². The smallest absolute Gasteiger partial charge is 0.184 e. The number of hydrogen-bond acceptors (Lipinski definition) is 4. The van der Waals surface area contributed by atoms with Crippen LogP contribution in [-0.4, -0.2) is 43.1 Å². The zero-order chi connectivity index (χ0) is 10.0. The van der Waals surface area contributed by atoms with Crippen LogP contribution in [0.25, 0.3) is 0 Å². The van der Waals surface area contributed by atoms with Gasteiger partial charge in [0.1, 0.15) is 0 Å². The van der Waals surface area contributed by atoms with Gasteiger partial charge < -0.3 is 10.6 Å². The molecular formula is C10H20Cl2N4. The summed E-state index contributed by atoms with van der Waals surface area (Å²) in [7, 11) is 0. The number of nitrogens with zero attached hydrogens (tertiary/aromatic N) is 2. The Balaban J connectivity index is 0.00000112. The molecule has 2 heterocycles. The molecule has 6 heteroatoms. The van der Waals surface area contributed by atoms with Crippen molar-refractivity contribution in [1.82, 2.24) is 15.5 Å². The van der Waals surface area contributed by atoms with Crippen molar-refractivity contribution >= 4 is 31.0 Å². The molecule has 2 rings (SSSR count). The highest BCUT2D eigenvalue weighted by molar-refractivity contribution is 5.85. The molecule has 0 aliphatic carbocycles. The van der Waals surface area contributed by atoms with Gasteiger partial charge in [0.15, 0.2) is 5.79 Å². The zero-order valence-electron chi connectivity index (χ0n) is 9.69. The van der Waals surface area contributed by atoms with Crippen LogP contribution in [0.5, 0.6) is 0 Å². The molecule has 0 aromatic heterocycles. The molecule has 1 fully saturated rings. The highest BCUT2D eigenvalue weighted by atomic mass is 35.5. The molecule has 1 unspecified atom stereocenters. The number of piperazine rings is 1. The van der Waals surface area contributed by atoms with E-state index in [1.807, 2.05) is 12.3 Å². The average molecular weight is 267 g/mol. The molecule has 1 atom stereocenters. The van der Waals surface area contributed by atoms with E-state index in [1.165, 1.54) is 5.70 Å². The molecule has 94 valence electrons. The Labute approximate surface area is 109 Å². The molecule has 16 heavy (non-hydrogen) atoms. The van der Waals surface area contributed by atoms with E-state index in [0.29, 0.717) is 0 Å². The summed E-state index contributed by atoms with van der Waals surface area (Å²) in [5.74, 6) is -0.235. The largest absolute Gasteiger partial charge is 0.353 e. The van der Waals surface area contributed by atoms with Gasteiger partial charge in [0.05, 0.1) is 0 Å². The molecule has 4 nitrogen and oxygen atoms in total. The van der Waals surface area contributed by atoms with Crippen molar-refractivity contribution in [3.8, 4) is 0 Å². The summed E-state index contributed by atoms with van der Waals surface area (Å²) in [5, 5.41) is 6.77. The number of rotatable bonds is 1. The highest BCUT2D eigenvalue weighted by Gasteiger charge is 2.32. The molecular weight excluding hydrogens is 247 g/mol. The zero-order valence-corrected chi connectivity index (χ0v) is 11.3. The van der Waals surface area contributed by atoms with Crippen molar-refractivity contribution in [2.45, 2.75) is 19.6 Å². The lowest BCUT2D eigenvalue weighted by atomic mass is 10.2. The van der Waals surface area contributed by atoms with Crippen LogP contribution in [0.15, 0.2) is 16.8 Å². The Bertz CT molecular complexity index is 274. The summed E-state index contributed by atoms with van der Waals surface area (Å²) in [4.78, 5) is 6.89. The van der Waals surface area contributed by atoms with Crippen molar-refractivity contribution < 1.29 is 0 Å². The van der Waals surface area contributed by atoms with Crippen LogP contribution >= 0.6 is 24.8 Å². The maximum Gasteiger partial charge on any atom is 0.184 e. The van der Waals surface area contributed by atoms with Gasteiger partial charge in [0.2, 0.25) is 0 Å². The minimum Gasteiger partial charge on any atom is -0.353 e. The summed E-state index contributed by atoms with van der Waals surface area (Å²) < 4.78 is 0. The Hall–Kier alpha value is -0.290. The quantitative estimate of drug-likeness (QED) is 0.744. The van der Waals surface area contributed by atoms with Crippen LogP contribution in [0.4, 0.5) is 0 Å². The molecule has 2 N–H and O–H groups in total. The van der Waals surface area contributed by atoms with Crippen LogP contribution in [0, 0.1) is 0 Å². The fourth-order valence-electron chi connectivity index (χ4n) is 2.00. The first-order chi connectivity index (χ1) is 6.71. The van der Waals surface area contributed by atoms with Gasteiger partial charge in [-0.2, -0.15) is 0 Å². The van der Waals surface area contributed by atoms with E-state index in [-0.39, 0.29) is 30.6 Å². The van der Waals surface area contributed by atoms with Gasteiger partial charge in [0, 0.05) is 38.1 Å². The van der Waals surface area contributed by atoms with E-state index >= 15 is 0 Å². The summed E-state index contributed by atoms with van der Waals surface area (Å²) in [5.41, 5.74) is 1.18. The second-order valence-corrected chi connectivity index (χ2v) is 4.01. The van der Waals surface area contributed by atoms with Crippen molar-refractivity contribution in [3.05, 3.63) is 11.8 Å². The summed E-state index contributed by atoms with van der Waals surface area (Å²) >= 11 is 0. The minimum atomic E-state index is -0.235. The predicted molar refractivity (Wildman–Crippen MR) is 72.7 cm³/mol. The fraction of sp³-hybridized carbons (Fsp3) is 0.700. The minimum absolute atomic E-state index is 0. The summed E-state index contributed by atoms with van der Waals surface area (Å²) in [6, 6.07) is 0. The number of nitrogens with one attached hydrogen (secondary N) is 2.